The minimum Gasteiger partial charge on any atom is -0.494 e. The molecule has 3 aromatic rings. The van der Waals surface area contributed by atoms with Crippen molar-refractivity contribution in [3.8, 4) is 5.75 Å². The first-order valence-electron chi connectivity index (χ1n) is 8.65. The molecule has 3 nitrogen and oxygen atoms in total. The molecular formula is C22H23NO2. The van der Waals surface area contributed by atoms with Crippen molar-refractivity contribution in [2.45, 2.75) is 20.3 Å². The van der Waals surface area contributed by atoms with Gasteiger partial charge in [0.1, 0.15) is 5.75 Å². The molecule has 0 unspecified atom stereocenters. The summed E-state index contributed by atoms with van der Waals surface area (Å²) in [6, 6.07) is 21.2. The molecule has 0 aliphatic heterocycles. The molecule has 3 rings (SSSR count). The zero-order chi connectivity index (χ0) is 17.6. The molecule has 0 saturated carbocycles. The number of nitrogens with one attached hydrogen (secondary N) is 1. The Balaban J connectivity index is 1.68. The van der Waals surface area contributed by atoms with Crippen LogP contribution in [-0.4, -0.2) is 12.5 Å². The largest absolute Gasteiger partial charge is 0.494 e. The fraction of sp³-hybridized carbons (Fsp3) is 0.227. The molecule has 0 aliphatic carbocycles. The van der Waals surface area contributed by atoms with Crippen molar-refractivity contribution < 1.29 is 9.53 Å². The summed E-state index contributed by atoms with van der Waals surface area (Å²) in [5.41, 5.74) is 1.43. The van der Waals surface area contributed by atoms with E-state index in [1.54, 1.807) is 12.1 Å². The fourth-order valence-electron chi connectivity index (χ4n) is 2.64. The Kier molecular flexibility index (Phi) is 5.34. The van der Waals surface area contributed by atoms with Crippen LogP contribution in [0.4, 0.5) is 5.69 Å². The molecule has 25 heavy (non-hydrogen) atoms. The first-order valence-corrected chi connectivity index (χ1v) is 8.65. The Bertz CT molecular complexity index is 848. The number of amides is 1. The number of carbonyl (C=O) groups excluding carboxylic acids is 1. The summed E-state index contributed by atoms with van der Waals surface area (Å²) in [6.45, 7) is 5.04. The third-order valence-electron chi connectivity index (χ3n) is 4.12. The minimum absolute atomic E-state index is 0.120. The lowest BCUT2D eigenvalue weighted by molar-refractivity contribution is 0.102. The van der Waals surface area contributed by atoms with Crippen LogP contribution in [0, 0.1) is 5.92 Å². The summed E-state index contributed by atoms with van der Waals surface area (Å²) in [5, 5.41) is 5.14. The SMILES string of the molecule is CC(C)CCOc1ccc(C(=O)Nc2cccc3ccccc23)cc1. The number of anilines is 1. The van der Waals surface area contributed by atoms with Gasteiger partial charge < -0.3 is 10.1 Å². The van der Waals surface area contributed by atoms with Gasteiger partial charge in [-0.15, -0.1) is 0 Å². The summed E-state index contributed by atoms with van der Waals surface area (Å²) >= 11 is 0. The lowest BCUT2D eigenvalue weighted by atomic mass is 10.1. The summed E-state index contributed by atoms with van der Waals surface area (Å²) in [5.74, 6) is 1.29. The summed E-state index contributed by atoms with van der Waals surface area (Å²) in [4.78, 5) is 12.5. The second kappa shape index (κ2) is 7.84. The summed E-state index contributed by atoms with van der Waals surface area (Å²) < 4.78 is 5.70. The molecule has 0 heterocycles. The molecule has 1 N–H and O–H groups in total. The first-order chi connectivity index (χ1) is 12.1. The van der Waals surface area contributed by atoms with Crippen LogP contribution in [0.25, 0.3) is 10.8 Å². The zero-order valence-electron chi connectivity index (χ0n) is 14.7. The average molecular weight is 333 g/mol. The molecule has 0 atom stereocenters. The normalized spacial score (nSPS) is 10.8. The van der Waals surface area contributed by atoms with Gasteiger partial charge >= 0.3 is 0 Å². The van der Waals surface area contributed by atoms with Gasteiger partial charge in [0, 0.05) is 16.6 Å². The fourth-order valence-corrected chi connectivity index (χ4v) is 2.64. The number of benzene rings is 3. The Labute approximate surface area is 148 Å². The summed E-state index contributed by atoms with van der Waals surface area (Å²) in [7, 11) is 0. The standard InChI is InChI=1S/C22H23NO2/c1-16(2)14-15-25-19-12-10-18(11-13-19)22(24)23-21-9-5-7-17-6-3-4-8-20(17)21/h3-13,16H,14-15H2,1-2H3,(H,23,24). The zero-order valence-corrected chi connectivity index (χ0v) is 14.7. The maximum absolute atomic E-state index is 12.5. The molecular weight excluding hydrogens is 310 g/mol. The van der Waals surface area contributed by atoms with Crippen molar-refractivity contribution in [2.75, 3.05) is 11.9 Å². The molecule has 1 amide bonds. The number of carbonyl (C=O) groups is 1. The van der Waals surface area contributed by atoms with Crippen LogP contribution in [-0.2, 0) is 0 Å². The van der Waals surface area contributed by atoms with Crippen molar-refractivity contribution in [1.29, 1.82) is 0 Å². The van der Waals surface area contributed by atoms with E-state index in [2.05, 4.69) is 19.2 Å². The van der Waals surface area contributed by atoms with Gasteiger partial charge in [0.15, 0.2) is 0 Å². The van der Waals surface area contributed by atoms with Gasteiger partial charge in [0.05, 0.1) is 6.61 Å². The Morgan fingerprint density at radius 2 is 1.68 bits per heavy atom. The number of ether oxygens (including phenoxy) is 1. The predicted octanol–water partition coefficient (Wildman–Crippen LogP) is 5.52. The topological polar surface area (TPSA) is 38.3 Å². The van der Waals surface area contributed by atoms with Crippen molar-refractivity contribution in [2.24, 2.45) is 5.92 Å². The van der Waals surface area contributed by atoms with Crippen LogP contribution in [0.3, 0.4) is 0 Å². The van der Waals surface area contributed by atoms with E-state index in [1.165, 1.54) is 0 Å². The number of fused-ring (bicyclic) bond motifs is 1. The second-order valence-electron chi connectivity index (χ2n) is 6.54. The van der Waals surface area contributed by atoms with E-state index in [0.29, 0.717) is 18.1 Å². The molecule has 3 heteroatoms. The first kappa shape index (κ1) is 17.0. The summed E-state index contributed by atoms with van der Waals surface area (Å²) in [6.07, 6.45) is 1.02. The van der Waals surface area contributed by atoms with Crippen LogP contribution in [0.2, 0.25) is 0 Å². The molecule has 0 fully saturated rings. The lowest BCUT2D eigenvalue weighted by Crippen LogP contribution is -2.12. The smallest absolute Gasteiger partial charge is 0.255 e. The van der Waals surface area contributed by atoms with Crippen molar-refractivity contribution in [1.82, 2.24) is 0 Å². The van der Waals surface area contributed by atoms with Crippen molar-refractivity contribution in [3.63, 3.8) is 0 Å². The van der Waals surface area contributed by atoms with Crippen LogP contribution >= 0.6 is 0 Å². The van der Waals surface area contributed by atoms with E-state index >= 15 is 0 Å². The Morgan fingerprint density at radius 1 is 0.960 bits per heavy atom. The molecule has 0 radical (unpaired) electrons. The van der Waals surface area contributed by atoms with E-state index in [4.69, 9.17) is 4.74 Å². The lowest BCUT2D eigenvalue weighted by Gasteiger charge is -2.10. The number of rotatable bonds is 6. The van der Waals surface area contributed by atoms with Crippen LogP contribution < -0.4 is 10.1 Å². The van der Waals surface area contributed by atoms with Gasteiger partial charge in [-0.25, -0.2) is 0 Å². The van der Waals surface area contributed by atoms with E-state index in [1.807, 2.05) is 54.6 Å². The maximum Gasteiger partial charge on any atom is 0.255 e. The number of hydrogen-bond acceptors (Lipinski definition) is 2. The third kappa shape index (κ3) is 4.38. The highest BCUT2D eigenvalue weighted by molar-refractivity contribution is 6.09. The molecule has 128 valence electrons. The molecule has 3 aromatic carbocycles. The van der Waals surface area contributed by atoms with E-state index in [9.17, 15) is 4.79 Å². The van der Waals surface area contributed by atoms with E-state index < -0.39 is 0 Å². The highest BCUT2D eigenvalue weighted by Crippen LogP contribution is 2.23. The van der Waals surface area contributed by atoms with Crippen molar-refractivity contribution >= 4 is 22.4 Å². The average Bonchev–Trinajstić information content (AvgIpc) is 2.62. The molecule has 0 bridgehead atoms. The van der Waals surface area contributed by atoms with Crippen LogP contribution in [0.5, 0.6) is 5.75 Å². The predicted molar refractivity (Wildman–Crippen MR) is 103 cm³/mol. The molecule has 0 spiro atoms. The van der Waals surface area contributed by atoms with Gasteiger partial charge in [0.2, 0.25) is 0 Å². The van der Waals surface area contributed by atoms with Gasteiger partial charge in [0.25, 0.3) is 5.91 Å². The van der Waals surface area contributed by atoms with Gasteiger partial charge in [-0.1, -0.05) is 50.2 Å². The maximum atomic E-state index is 12.5. The third-order valence-corrected chi connectivity index (χ3v) is 4.12. The Hall–Kier alpha value is -2.81. The minimum atomic E-state index is -0.120. The second-order valence-corrected chi connectivity index (χ2v) is 6.54. The van der Waals surface area contributed by atoms with Gasteiger partial charge in [-0.3, -0.25) is 4.79 Å². The van der Waals surface area contributed by atoms with Crippen LogP contribution in [0.1, 0.15) is 30.6 Å². The highest BCUT2D eigenvalue weighted by Gasteiger charge is 2.08. The Morgan fingerprint density at radius 3 is 2.44 bits per heavy atom. The quantitative estimate of drug-likeness (QED) is 0.645. The molecule has 0 aliphatic rings. The highest BCUT2D eigenvalue weighted by atomic mass is 16.5. The number of hydrogen-bond donors (Lipinski definition) is 1. The van der Waals surface area contributed by atoms with Crippen molar-refractivity contribution in [3.05, 3.63) is 72.3 Å². The van der Waals surface area contributed by atoms with Gasteiger partial charge in [-0.2, -0.15) is 0 Å². The monoisotopic (exact) mass is 333 g/mol. The molecule has 0 aromatic heterocycles. The van der Waals surface area contributed by atoms with Crippen LogP contribution in [0.15, 0.2) is 66.7 Å². The molecule has 0 saturated heterocycles. The van der Waals surface area contributed by atoms with Gasteiger partial charge in [-0.05, 0) is 48.1 Å². The van der Waals surface area contributed by atoms with E-state index in [-0.39, 0.29) is 5.91 Å². The van der Waals surface area contributed by atoms with E-state index in [0.717, 1.165) is 28.6 Å².